The van der Waals surface area contributed by atoms with Crippen LogP contribution in [0.1, 0.15) is 29.8 Å². The third-order valence-electron chi connectivity index (χ3n) is 3.53. The lowest BCUT2D eigenvalue weighted by molar-refractivity contribution is -0.385. The number of nitrogens with one attached hydrogen (secondary N) is 1. The Balaban J connectivity index is 2.36. The van der Waals surface area contributed by atoms with Gasteiger partial charge in [-0.05, 0) is 26.3 Å². The molecule has 1 fully saturated rings. The van der Waals surface area contributed by atoms with Crippen LogP contribution in [0.3, 0.4) is 0 Å². The number of nitrogens with zero attached hydrogens (tertiary/aromatic N) is 2. The van der Waals surface area contributed by atoms with E-state index in [2.05, 4.69) is 5.32 Å². The normalized spacial score (nSPS) is 22.2. The molecule has 0 spiro atoms. The number of nitro benzene ring substituents is 1. The van der Waals surface area contributed by atoms with Crippen LogP contribution in [0.25, 0.3) is 0 Å². The summed E-state index contributed by atoms with van der Waals surface area (Å²) in [5, 5.41) is 14.1. The van der Waals surface area contributed by atoms with Gasteiger partial charge in [0.15, 0.2) is 0 Å². The third-order valence-corrected chi connectivity index (χ3v) is 3.53. The number of rotatable bonds is 2. The van der Waals surface area contributed by atoms with Crippen molar-refractivity contribution in [2.45, 2.75) is 32.9 Å². The highest BCUT2D eigenvalue weighted by atomic mass is 19.1. The molecule has 2 rings (SSSR count). The number of aryl methyl sites for hydroxylation is 1. The van der Waals surface area contributed by atoms with Crippen molar-refractivity contribution in [1.82, 2.24) is 10.2 Å². The fourth-order valence-electron chi connectivity index (χ4n) is 2.67. The minimum absolute atomic E-state index is 0.0977. The Bertz CT molecular complexity index is 581. The summed E-state index contributed by atoms with van der Waals surface area (Å²) in [4.78, 5) is 24.3. The second-order valence-electron chi connectivity index (χ2n) is 5.56. The second-order valence-corrected chi connectivity index (χ2v) is 5.56. The van der Waals surface area contributed by atoms with Gasteiger partial charge in [-0.25, -0.2) is 4.39 Å². The van der Waals surface area contributed by atoms with Crippen LogP contribution in [0, 0.1) is 22.9 Å². The van der Waals surface area contributed by atoms with E-state index in [0.717, 1.165) is 12.1 Å². The molecule has 1 aliphatic rings. The molecule has 7 heteroatoms. The fourth-order valence-corrected chi connectivity index (χ4v) is 2.67. The summed E-state index contributed by atoms with van der Waals surface area (Å²) in [6.45, 7) is 6.19. The van der Waals surface area contributed by atoms with Gasteiger partial charge in [-0.2, -0.15) is 0 Å². The molecule has 1 saturated heterocycles. The summed E-state index contributed by atoms with van der Waals surface area (Å²) in [5.74, 6) is -1.19. The number of carbonyl (C=O) groups excluding carboxylic acids is 1. The standard InChI is InChI=1S/C14H18FN3O3/c1-8-4-11(18(20)21)5-12(13(8)15)14(19)17-6-9(2)16-10(3)7-17/h4-5,9-10,16H,6-7H2,1-3H3. The maximum atomic E-state index is 14.2. The van der Waals surface area contributed by atoms with E-state index < -0.39 is 16.6 Å². The predicted molar refractivity (Wildman–Crippen MR) is 75.8 cm³/mol. The predicted octanol–water partition coefficient (Wildman–Crippen LogP) is 1.86. The van der Waals surface area contributed by atoms with Gasteiger partial charge in [0.2, 0.25) is 0 Å². The monoisotopic (exact) mass is 295 g/mol. The molecule has 1 heterocycles. The minimum Gasteiger partial charge on any atom is -0.335 e. The number of non-ortho nitro benzene ring substituents is 1. The Morgan fingerprint density at radius 3 is 2.48 bits per heavy atom. The number of piperazine rings is 1. The van der Waals surface area contributed by atoms with Gasteiger partial charge in [-0.15, -0.1) is 0 Å². The summed E-state index contributed by atoms with van der Waals surface area (Å²) < 4.78 is 14.2. The lowest BCUT2D eigenvalue weighted by atomic mass is 10.1. The van der Waals surface area contributed by atoms with Crippen LogP contribution in [0.15, 0.2) is 12.1 Å². The molecule has 2 atom stereocenters. The molecule has 0 saturated carbocycles. The van der Waals surface area contributed by atoms with Gasteiger partial charge in [0.05, 0.1) is 10.5 Å². The maximum absolute atomic E-state index is 14.2. The molecule has 2 unspecified atom stereocenters. The second kappa shape index (κ2) is 5.77. The van der Waals surface area contributed by atoms with Crippen LogP contribution in [0.5, 0.6) is 0 Å². The molecule has 1 aromatic carbocycles. The third kappa shape index (κ3) is 3.18. The highest BCUT2D eigenvalue weighted by Crippen LogP contribution is 2.23. The van der Waals surface area contributed by atoms with Gasteiger partial charge in [-0.3, -0.25) is 14.9 Å². The number of hydrogen-bond donors (Lipinski definition) is 1. The van der Waals surface area contributed by atoms with Crippen molar-refractivity contribution in [3.8, 4) is 0 Å². The average molecular weight is 295 g/mol. The van der Waals surface area contributed by atoms with E-state index in [-0.39, 0.29) is 28.9 Å². The molecule has 0 aromatic heterocycles. The largest absolute Gasteiger partial charge is 0.335 e. The number of carbonyl (C=O) groups is 1. The summed E-state index contributed by atoms with van der Waals surface area (Å²) in [7, 11) is 0. The summed E-state index contributed by atoms with van der Waals surface area (Å²) in [6.07, 6.45) is 0. The zero-order valence-corrected chi connectivity index (χ0v) is 12.2. The molecule has 21 heavy (non-hydrogen) atoms. The number of hydrogen-bond acceptors (Lipinski definition) is 4. The van der Waals surface area contributed by atoms with Crippen LogP contribution in [0.2, 0.25) is 0 Å². The first-order valence-electron chi connectivity index (χ1n) is 6.79. The Labute approximate surface area is 122 Å². The summed E-state index contributed by atoms with van der Waals surface area (Å²) in [6, 6.07) is 2.35. The van der Waals surface area contributed by atoms with E-state index in [0.29, 0.717) is 13.1 Å². The molecule has 1 N–H and O–H groups in total. The maximum Gasteiger partial charge on any atom is 0.270 e. The molecular weight excluding hydrogens is 277 g/mol. The molecule has 0 radical (unpaired) electrons. The summed E-state index contributed by atoms with van der Waals surface area (Å²) in [5.41, 5.74) is -0.403. The van der Waals surface area contributed by atoms with E-state index in [1.807, 2.05) is 13.8 Å². The molecule has 0 aliphatic carbocycles. The van der Waals surface area contributed by atoms with E-state index in [4.69, 9.17) is 0 Å². The Kier molecular flexibility index (Phi) is 4.22. The SMILES string of the molecule is Cc1cc([N+](=O)[O-])cc(C(=O)N2CC(C)NC(C)C2)c1F. The fraction of sp³-hybridized carbons (Fsp3) is 0.500. The van der Waals surface area contributed by atoms with Gasteiger partial charge < -0.3 is 10.2 Å². The quantitative estimate of drug-likeness (QED) is 0.667. The number of nitro groups is 1. The molecule has 6 nitrogen and oxygen atoms in total. The van der Waals surface area contributed by atoms with Gasteiger partial charge in [0.25, 0.3) is 11.6 Å². The van der Waals surface area contributed by atoms with Crippen molar-refractivity contribution in [2.24, 2.45) is 0 Å². The Morgan fingerprint density at radius 2 is 1.95 bits per heavy atom. The van der Waals surface area contributed by atoms with E-state index >= 15 is 0 Å². The molecule has 1 aromatic rings. The van der Waals surface area contributed by atoms with Crippen LogP contribution < -0.4 is 5.32 Å². The van der Waals surface area contributed by atoms with E-state index in [1.165, 1.54) is 11.8 Å². The van der Waals surface area contributed by atoms with Crippen LogP contribution in [-0.4, -0.2) is 40.9 Å². The van der Waals surface area contributed by atoms with Crippen molar-refractivity contribution in [3.63, 3.8) is 0 Å². The van der Waals surface area contributed by atoms with Gasteiger partial charge in [-0.1, -0.05) is 0 Å². The van der Waals surface area contributed by atoms with Crippen LogP contribution in [-0.2, 0) is 0 Å². The zero-order valence-electron chi connectivity index (χ0n) is 12.2. The van der Waals surface area contributed by atoms with Gasteiger partial charge in [0, 0.05) is 37.3 Å². The number of halogens is 1. The zero-order chi connectivity index (χ0) is 15.7. The first kappa shape index (κ1) is 15.4. The van der Waals surface area contributed by atoms with Crippen molar-refractivity contribution in [1.29, 1.82) is 0 Å². The van der Waals surface area contributed by atoms with Crippen molar-refractivity contribution in [3.05, 3.63) is 39.2 Å². The van der Waals surface area contributed by atoms with E-state index in [9.17, 15) is 19.3 Å². The smallest absolute Gasteiger partial charge is 0.270 e. The first-order chi connectivity index (χ1) is 9.79. The topological polar surface area (TPSA) is 75.5 Å². The van der Waals surface area contributed by atoms with Crippen molar-refractivity contribution >= 4 is 11.6 Å². The minimum atomic E-state index is -0.690. The van der Waals surface area contributed by atoms with Crippen molar-refractivity contribution in [2.75, 3.05) is 13.1 Å². The lowest BCUT2D eigenvalue weighted by Crippen LogP contribution is -2.55. The van der Waals surface area contributed by atoms with Gasteiger partial charge >= 0.3 is 0 Å². The Morgan fingerprint density at radius 1 is 1.38 bits per heavy atom. The molecule has 0 bridgehead atoms. The van der Waals surface area contributed by atoms with Crippen molar-refractivity contribution < 1.29 is 14.1 Å². The average Bonchev–Trinajstić information content (AvgIpc) is 2.39. The molecular formula is C14H18FN3O3. The van der Waals surface area contributed by atoms with E-state index in [1.54, 1.807) is 0 Å². The molecule has 1 amide bonds. The summed E-state index contributed by atoms with van der Waals surface area (Å²) >= 11 is 0. The highest BCUT2D eigenvalue weighted by molar-refractivity contribution is 5.95. The molecule has 114 valence electrons. The molecule has 1 aliphatic heterocycles. The first-order valence-corrected chi connectivity index (χ1v) is 6.79. The number of benzene rings is 1. The Hall–Kier alpha value is -2.02. The number of amides is 1. The van der Waals surface area contributed by atoms with Crippen LogP contribution >= 0.6 is 0 Å². The lowest BCUT2D eigenvalue weighted by Gasteiger charge is -2.36. The highest BCUT2D eigenvalue weighted by Gasteiger charge is 2.29. The van der Waals surface area contributed by atoms with Crippen LogP contribution in [0.4, 0.5) is 10.1 Å². The van der Waals surface area contributed by atoms with Gasteiger partial charge in [0.1, 0.15) is 5.82 Å².